The highest BCUT2D eigenvalue weighted by Crippen LogP contribution is 2.19. The van der Waals surface area contributed by atoms with E-state index in [9.17, 15) is 13.2 Å². The molecule has 3 atom stereocenters. The molecular formula is C15H28N4O5S. The summed E-state index contributed by atoms with van der Waals surface area (Å²) >= 11 is 0. The Bertz CT molecular complexity index is 562. The maximum atomic E-state index is 12.9. The van der Waals surface area contributed by atoms with Crippen molar-refractivity contribution in [3.8, 4) is 0 Å². The molecule has 0 spiro atoms. The van der Waals surface area contributed by atoms with Crippen molar-refractivity contribution < 1.29 is 22.7 Å². The molecule has 3 rings (SSSR count). The van der Waals surface area contributed by atoms with Crippen molar-refractivity contribution in [2.45, 2.75) is 32.1 Å². The second-order valence-corrected chi connectivity index (χ2v) is 8.82. The first kappa shape index (κ1) is 19.0. The Hall–Kier alpha value is -0.780. The van der Waals surface area contributed by atoms with Crippen molar-refractivity contribution in [3.63, 3.8) is 0 Å². The van der Waals surface area contributed by atoms with E-state index in [1.807, 2.05) is 13.8 Å². The lowest BCUT2D eigenvalue weighted by Crippen LogP contribution is -2.60. The van der Waals surface area contributed by atoms with Gasteiger partial charge in [-0.05, 0) is 13.8 Å². The summed E-state index contributed by atoms with van der Waals surface area (Å²) in [6, 6.07) is -0.321. The van der Waals surface area contributed by atoms with Gasteiger partial charge in [0.1, 0.15) is 6.04 Å². The molecule has 1 N–H and O–H groups in total. The van der Waals surface area contributed by atoms with Gasteiger partial charge >= 0.3 is 0 Å². The van der Waals surface area contributed by atoms with Crippen molar-refractivity contribution >= 4 is 16.1 Å². The Kier molecular flexibility index (Phi) is 5.96. The lowest BCUT2D eigenvalue weighted by molar-refractivity contribution is -0.137. The van der Waals surface area contributed by atoms with E-state index in [0.29, 0.717) is 59.0 Å². The van der Waals surface area contributed by atoms with E-state index in [2.05, 4.69) is 5.32 Å². The number of piperazine rings is 1. The quantitative estimate of drug-likeness (QED) is 0.643. The van der Waals surface area contributed by atoms with E-state index in [1.165, 1.54) is 8.61 Å². The van der Waals surface area contributed by atoms with Gasteiger partial charge in [0, 0.05) is 45.8 Å². The van der Waals surface area contributed by atoms with Crippen LogP contribution in [0, 0.1) is 0 Å². The highest BCUT2D eigenvalue weighted by Gasteiger charge is 2.38. The summed E-state index contributed by atoms with van der Waals surface area (Å²) in [7, 11) is -3.52. The van der Waals surface area contributed by atoms with Crippen LogP contribution in [0.5, 0.6) is 0 Å². The molecule has 3 aliphatic heterocycles. The van der Waals surface area contributed by atoms with Crippen LogP contribution in [0.2, 0.25) is 0 Å². The van der Waals surface area contributed by atoms with Crippen LogP contribution in [0.25, 0.3) is 0 Å². The minimum Gasteiger partial charge on any atom is -0.378 e. The van der Waals surface area contributed by atoms with Crippen LogP contribution in [0.3, 0.4) is 0 Å². The van der Waals surface area contributed by atoms with Crippen LogP contribution < -0.4 is 5.32 Å². The highest BCUT2D eigenvalue weighted by atomic mass is 32.2. The van der Waals surface area contributed by atoms with Gasteiger partial charge in [-0.1, -0.05) is 0 Å². The van der Waals surface area contributed by atoms with E-state index in [4.69, 9.17) is 9.47 Å². The smallest absolute Gasteiger partial charge is 0.282 e. The van der Waals surface area contributed by atoms with Gasteiger partial charge in [0.2, 0.25) is 5.91 Å². The van der Waals surface area contributed by atoms with E-state index in [1.54, 1.807) is 4.90 Å². The molecular weight excluding hydrogens is 348 g/mol. The number of morpholine rings is 2. The Morgan fingerprint density at radius 1 is 1.04 bits per heavy atom. The molecule has 3 unspecified atom stereocenters. The molecule has 0 aromatic carbocycles. The first-order valence-electron chi connectivity index (χ1n) is 8.88. The zero-order chi connectivity index (χ0) is 18.0. The molecule has 3 fully saturated rings. The van der Waals surface area contributed by atoms with Crippen LogP contribution in [-0.2, 0) is 24.5 Å². The summed E-state index contributed by atoms with van der Waals surface area (Å²) in [5.74, 6) is -0.00892. The lowest BCUT2D eigenvalue weighted by Gasteiger charge is -2.41. The van der Waals surface area contributed by atoms with Crippen LogP contribution >= 0.6 is 0 Å². The summed E-state index contributed by atoms with van der Waals surface area (Å²) in [4.78, 5) is 14.2. The molecule has 144 valence electrons. The van der Waals surface area contributed by atoms with Gasteiger partial charge in [0.15, 0.2) is 0 Å². The van der Waals surface area contributed by atoms with Crippen molar-refractivity contribution in [2.24, 2.45) is 0 Å². The standard InChI is InChI=1S/C15H28N4O5S/c1-12-9-19(10-13(2)24-12)25(21,22)18-6-4-17(5-7-18)15(20)14-11-23-8-3-16-14/h12-14,16H,3-11H2,1-2H3. The van der Waals surface area contributed by atoms with E-state index in [0.717, 1.165) is 0 Å². The molecule has 3 aliphatic rings. The summed E-state index contributed by atoms with van der Waals surface area (Å²) in [5, 5.41) is 3.15. The first-order chi connectivity index (χ1) is 11.9. The topological polar surface area (TPSA) is 91.4 Å². The summed E-state index contributed by atoms with van der Waals surface area (Å²) < 4.78 is 39.7. The molecule has 9 nitrogen and oxygen atoms in total. The third-order valence-corrected chi connectivity index (χ3v) is 6.78. The number of carbonyl (C=O) groups is 1. The van der Waals surface area contributed by atoms with E-state index in [-0.39, 0.29) is 24.2 Å². The lowest BCUT2D eigenvalue weighted by atomic mass is 10.2. The van der Waals surface area contributed by atoms with Crippen molar-refractivity contribution in [2.75, 3.05) is 59.0 Å². The SMILES string of the molecule is CC1CN(S(=O)(=O)N2CCN(C(=O)C3COCCN3)CC2)CC(C)O1. The number of nitrogens with zero attached hydrogens (tertiary/aromatic N) is 3. The fourth-order valence-corrected chi connectivity index (χ4v) is 5.31. The third-order valence-electron chi connectivity index (χ3n) is 4.81. The average molecular weight is 376 g/mol. The first-order valence-corrected chi connectivity index (χ1v) is 10.3. The number of nitrogens with one attached hydrogen (secondary N) is 1. The molecule has 3 heterocycles. The van der Waals surface area contributed by atoms with Gasteiger partial charge in [-0.2, -0.15) is 17.0 Å². The molecule has 0 aromatic heterocycles. The molecule has 25 heavy (non-hydrogen) atoms. The number of carbonyl (C=O) groups excluding carboxylic acids is 1. The maximum absolute atomic E-state index is 12.9. The maximum Gasteiger partial charge on any atom is 0.282 e. The summed E-state index contributed by atoms with van der Waals surface area (Å²) in [6.07, 6.45) is -0.225. The van der Waals surface area contributed by atoms with Crippen LogP contribution in [-0.4, -0.2) is 105 Å². The minimum absolute atomic E-state index is 0.00892. The molecule has 0 saturated carbocycles. The zero-order valence-electron chi connectivity index (χ0n) is 14.9. The fourth-order valence-electron chi connectivity index (χ4n) is 3.57. The van der Waals surface area contributed by atoms with Gasteiger partial charge in [-0.25, -0.2) is 0 Å². The predicted molar refractivity (Wildman–Crippen MR) is 91.3 cm³/mol. The van der Waals surface area contributed by atoms with Gasteiger partial charge in [-0.3, -0.25) is 4.79 Å². The number of amides is 1. The molecule has 10 heteroatoms. The normalized spacial score (nSPS) is 33.4. The van der Waals surface area contributed by atoms with Gasteiger partial charge in [0.25, 0.3) is 10.2 Å². The molecule has 3 saturated heterocycles. The molecule has 0 aromatic rings. The number of ether oxygens (including phenoxy) is 2. The molecule has 1 amide bonds. The van der Waals surface area contributed by atoms with Gasteiger partial charge < -0.3 is 19.7 Å². The summed E-state index contributed by atoms with van der Waals surface area (Å²) in [6.45, 7) is 7.62. The monoisotopic (exact) mass is 376 g/mol. The van der Waals surface area contributed by atoms with Gasteiger partial charge in [-0.15, -0.1) is 0 Å². The number of hydrogen-bond acceptors (Lipinski definition) is 6. The molecule has 0 bridgehead atoms. The zero-order valence-corrected chi connectivity index (χ0v) is 15.7. The van der Waals surface area contributed by atoms with Crippen LogP contribution in [0.15, 0.2) is 0 Å². The largest absolute Gasteiger partial charge is 0.378 e. The van der Waals surface area contributed by atoms with E-state index < -0.39 is 10.2 Å². The molecule has 0 aliphatic carbocycles. The number of hydrogen-bond donors (Lipinski definition) is 1. The van der Waals surface area contributed by atoms with Gasteiger partial charge in [0.05, 0.1) is 25.4 Å². The fraction of sp³-hybridized carbons (Fsp3) is 0.933. The molecule has 0 radical (unpaired) electrons. The third kappa shape index (κ3) is 4.32. The second kappa shape index (κ2) is 7.85. The number of rotatable bonds is 3. The van der Waals surface area contributed by atoms with Crippen molar-refractivity contribution in [3.05, 3.63) is 0 Å². The Morgan fingerprint density at radius 2 is 1.68 bits per heavy atom. The Balaban J connectivity index is 1.56. The summed E-state index contributed by atoms with van der Waals surface area (Å²) in [5.41, 5.74) is 0. The van der Waals surface area contributed by atoms with Crippen LogP contribution in [0.4, 0.5) is 0 Å². The highest BCUT2D eigenvalue weighted by molar-refractivity contribution is 7.86. The van der Waals surface area contributed by atoms with Crippen molar-refractivity contribution in [1.29, 1.82) is 0 Å². The van der Waals surface area contributed by atoms with Crippen LogP contribution in [0.1, 0.15) is 13.8 Å². The van der Waals surface area contributed by atoms with Crippen molar-refractivity contribution in [1.82, 2.24) is 18.8 Å². The van der Waals surface area contributed by atoms with E-state index >= 15 is 0 Å². The second-order valence-electron chi connectivity index (χ2n) is 6.89. The Labute approximate surface area is 149 Å². The Morgan fingerprint density at radius 3 is 2.24 bits per heavy atom. The average Bonchev–Trinajstić information content (AvgIpc) is 2.61. The minimum atomic E-state index is -3.52. The predicted octanol–water partition coefficient (Wildman–Crippen LogP) is -1.53.